The van der Waals surface area contributed by atoms with Crippen molar-refractivity contribution >= 4 is 21.7 Å². The number of benzene rings is 1. The summed E-state index contributed by atoms with van der Waals surface area (Å²) in [5.41, 5.74) is 2.83. The molecule has 4 aliphatic carbocycles. The number of hydrogen-bond acceptors (Lipinski definition) is 3. The number of rotatable bonds is 4. The minimum atomic E-state index is -1.07. The van der Waals surface area contributed by atoms with Crippen LogP contribution in [0.2, 0.25) is 0 Å². The van der Waals surface area contributed by atoms with E-state index in [0.29, 0.717) is 43.0 Å². The van der Waals surface area contributed by atoms with E-state index in [1.54, 1.807) is 6.92 Å². The molecular weight excluding hydrogens is 464 g/mol. The number of ether oxygens (including phenoxy) is 1. The second-order valence-electron chi connectivity index (χ2n) is 11.6. The quantitative estimate of drug-likeness (QED) is 0.364. The van der Waals surface area contributed by atoms with Crippen molar-refractivity contribution in [1.29, 1.82) is 0 Å². The first kappa shape index (κ1) is 22.8. The molecule has 174 valence electrons. The van der Waals surface area contributed by atoms with Crippen LogP contribution in [0.15, 0.2) is 40.4 Å². The lowest BCUT2D eigenvalue weighted by Crippen LogP contribution is -2.52. The standard InChI is InChI=1S/C28H37BrO3/c1-18(30)23-9-10-24-22-8-7-20-16-28(31,32-17-19-5-4-6-21(29)15-19)14-13-26(20,2)25(22)11-12-27(23,24)3/h4-7,15,22-25,31H,8-14,16-17H2,1-3H3/t22-,23+,24-,25-,26-,27+,28?/m0/s1. The van der Waals surface area contributed by atoms with Gasteiger partial charge in [0.2, 0.25) is 0 Å². The third-order valence-corrected chi connectivity index (χ3v) is 10.5. The lowest BCUT2D eigenvalue weighted by molar-refractivity contribution is -0.231. The van der Waals surface area contributed by atoms with E-state index in [1.807, 2.05) is 18.2 Å². The number of carbonyl (C=O) groups excluding carboxylic acids is 1. The van der Waals surface area contributed by atoms with Gasteiger partial charge in [0.05, 0.1) is 6.61 Å². The molecule has 0 aliphatic heterocycles. The fourth-order valence-electron chi connectivity index (χ4n) is 8.25. The molecule has 3 fully saturated rings. The number of carbonyl (C=O) groups is 1. The molecule has 1 unspecified atom stereocenters. The van der Waals surface area contributed by atoms with Crippen LogP contribution < -0.4 is 0 Å². The minimum absolute atomic E-state index is 0.157. The molecule has 5 rings (SSSR count). The van der Waals surface area contributed by atoms with Crippen LogP contribution in [0.5, 0.6) is 0 Å². The molecule has 0 radical (unpaired) electrons. The maximum Gasteiger partial charge on any atom is 0.169 e. The van der Waals surface area contributed by atoms with Crippen molar-refractivity contribution in [2.75, 3.05) is 0 Å². The van der Waals surface area contributed by atoms with Crippen LogP contribution in [0, 0.1) is 34.5 Å². The van der Waals surface area contributed by atoms with Gasteiger partial charge in [-0.1, -0.05) is 53.6 Å². The number of ketones is 1. The van der Waals surface area contributed by atoms with Gasteiger partial charge >= 0.3 is 0 Å². The van der Waals surface area contributed by atoms with Gasteiger partial charge in [0.1, 0.15) is 5.78 Å². The van der Waals surface area contributed by atoms with Gasteiger partial charge in [-0.05, 0) is 91.7 Å². The van der Waals surface area contributed by atoms with Gasteiger partial charge in [0, 0.05) is 23.2 Å². The van der Waals surface area contributed by atoms with Gasteiger partial charge in [-0.3, -0.25) is 4.79 Å². The van der Waals surface area contributed by atoms with Crippen molar-refractivity contribution in [2.24, 2.45) is 34.5 Å². The Labute approximate surface area is 201 Å². The highest BCUT2D eigenvalue weighted by Gasteiger charge is 2.60. The van der Waals surface area contributed by atoms with Crippen molar-refractivity contribution in [2.45, 2.75) is 84.5 Å². The molecule has 1 N–H and O–H groups in total. The van der Waals surface area contributed by atoms with E-state index in [0.717, 1.165) is 29.3 Å². The van der Waals surface area contributed by atoms with E-state index in [4.69, 9.17) is 4.74 Å². The van der Waals surface area contributed by atoms with Gasteiger partial charge in [-0.25, -0.2) is 0 Å². The number of halogens is 1. The van der Waals surface area contributed by atoms with E-state index in [1.165, 1.54) is 24.8 Å². The van der Waals surface area contributed by atoms with Crippen LogP contribution in [0.25, 0.3) is 0 Å². The summed E-state index contributed by atoms with van der Waals surface area (Å²) < 4.78 is 7.16. The Bertz CT molecular complexity index is 940. The summed E-state index contributed by atoms with van der Waals surface area (Å²) in [5, 5.41) is 11.3. The van der Waals surface area contributed by atoms with Crippen molar-refractivity contribution in [1.82, 2.24) is 0 Å². The monoisotopic (exact) mass is 500 g/mol. The summed E-state index contributed by atoms with van der Waals surface area (Å²) in [4.78, 5) is 12.4. The minimum Gasteiger partial charge on any atom is -0.365 e. The zero-order valence-electron chi connectivity index (χ0n) is 19.7. The van der Waals surface area contributed by atoms with Gasteiger partial charge < -0.3 is 9.84 Å². The molecule has 7 atom stereocenters. The van der Waals surface area contributed by atoms with E-state index in [2.05, 4.69) is 41.9 Å². The van der Waals surface area contributed by atoms with Crippen molar-refractivity contribution in [3.8, 4) is 0 Å². The molecule has 0 spiro atoms. The molecular formula is C28H37BrO3. The van der Waals surface area contributed by atoms with Crippen LogP contribution in [0.3, 0.4) is 0 Å². The van der Waals surface area contributed by atoms with Gasteiger partial charge in [0.25, 0.3) is 0 Å². The Kier molecular flexibility index (Phi) is 5.74. The topological polar surface area (TPSA) is 46.5 Å². The summed E-state index contributed by atoms with van der Waals surface area (Å²) >= 11 is 3.52. The number of aliphatic hydroxyl groups is 1. The van der Waals surface area contributed by atoms with E-state index >= 15 is 0 Å². The van der Waals surface area contributed by atoms with Crippen LogP contribution in [0.1, 0.15) is 77.7 Å². The van der Waals surface area contributed by atoms with Gasteiger partial charge in [0.15, 0.2) is 5.79 Å². The van der Waals surface area contributed by atoms with Crippen LogP contribution in [-0.4, -0.2) is 16.7 Å². The summed E-state index contributed by atoms with van der Waals surface area (Å²) in [6.07, 6.45) is 10.5. The fraction of sp³-hybridized carbons (Fsp3) is 0.679. The van der Waals surface area contributed by atoms with Crippen molar-refractivity contribution in [3.05, 3.63) is 46.0 Å². The number of allylic oxidation sites excluding steroid dienone is 1. The molecule has 3 saturated carbocycles. The third kappa shape index (κ3) is 3.65. The Balaban J connectivity index is 1.33. The first-order chi connectivity index (χ1) is 15.1. The van der Waals surface area contributed by atoms with Crippen molar-refractivity contribution < 1.29 is 14.6 Å². The first-order valence-electron chi connectivity index (χ1n) is 12.5. The lowest BCUT2D eigenvalue weighted by atomic mass is 9.47. The number of fused-ring (bicyclic) bond motifs is 5. The second-order valence-corrected chi connectivity index (χ2v) is 12.5. The summed E-state index contributed by atoms with van der Waals surface area (Å²) in [6.45, 7) is 7.09. The number of hydrogen-bond donors (Lipinski definition) is 1. The van der Waals surface area contributed by atoms with E-state index in [-0.39, 0.29) is 16.7 Å². The molecule has 32 heavy (non-hydrogen) atoms. The van der Waals surface area contributed by atoms with E-state index < -0.39 is 5.79 Å². The Hall–Kier alpha value is -0.970. The predicted molar refractivity (Wildman–Crippen MR) is 130 cm³/mol. The zero-order chi connectivity index (χ0) is 22.7. The fourth-order valence-corrected chi connectivity index (χ4v) is 8.70. The van der Waals surface area contributed by atoms with Gasteiger partial charge in [-0.15, -0.1) is 0 Å². The Morgan fingerprint density at radius 2 is 1.97 bits per heavy atom. The van der Waals surface area contributed by atoms with Gasteiger partial charge in [-0.2, -0.15) is 0 Å². The molecule has 0 aromatic heterocycles. The summed E-state index contributed by atoms with van der Waals surface area (Å²) in [6, 6.07) is 8.10. The highest BCUT2D eigenvalue weighted by Crippen LogP contribution is 2.66. The largest absolute Gasteiger partial charge is 0.365 e. The molecule has 0 saturated heterocycles. The predicted octanol–water partition coefficient (Wildman–Crippen LogP) is 6.82. The molecule has 4 heteroatoms. The van der Waals surface area contributed by atoms with Crippen LogP contribution >= 0.6 is 15.9 Å². The maximum atomic E-state index is 12.4. The number of Topliss-reactive ketones (excluding diaryl/α,β-unsaturated/α-hetero) is 1. The highest BCUT2D eigenvalue weighted by atomic mass is 79.9. The van der Waals surface area contributed by atoms with Crippen LogP contribution in [-0.2, 0) is 16.1 Å². The van der Waals surface area contributed by atoms with E-state index in [9.17, 15) is 9.90 Å². The average Bonchev–Trinajstić information content (AvgIpc) is 3.11. The molecule has 1 aromatic rings. The third-order valence-electron chi connectivity index (χ3n) is 10.0. The summed E-state index contributed by atoms with van der Waals surface area (Å²) in [7, 11) is 0. The molecule has 0 amide bonds. The smallest absolute Gasteiger partial charge is 0.169 e. The zero-order valence-corrected chi connectivity index (χ0v) is 21.3. The SMILES string of the molecule is CC(=O)[C@H]1CC[C@H]2[C@@H]3CC=C4CC(O)(OCc5cccc(Br)c5)CC[C@]4(C)[C@H]3CC[C@]12C. The normalized spacial score (nSPS) is 43.1. The maximum absolute atomic E-state index is 12.4. The Morgan fingerprint density at radius 3 is 2.72 bits per heavy atom. The van der Waals surface area contributed by atoms with Crippen molar-refractivity contribution in [3.63, 3.8) is 0 Å². The molecule has 4 aliphatic rings. The Morgan fingerprint density at radius 1 is 1.16 bits per heavy atom. The first-order valence-corrected chi connectivity index (χ1v) is 13.2. The lowest BCUT2D eigenvalue weighted by Gasteiger charge is -2.58. The summed E-state index contributed by atoms with van der Waals surface area (Å²) in [5.74, 6) is 1.60. The molecule has 3 nitrogen and oxygen atoms in total. The second kappa shape index (κ2) is 8.06. The molecule has 0 bridgehead atoms. The molecule has 1 aromatic carbocycles. The average molecular weight is 502 g/mol. The highest BCUT2D eigenvalue weighted by molar-refractivity contribution is 9.10. The van der Waals surface area contributed by atoms with Crippen LogP contribution in [0.4, 0.5) is 0 Å². The molecule has 0 heterocycles.